The molecule has 4 aromatic rings. The van der Waals surface area contributed by atoms with Gasteiger partial charge in [0.25, 0.3) is 5.56 Å². The Hall–Kier alpha value is -3.69. The number of methoxy groups -OCH3 is 1. The first-order valence-electron chi connectivity index (χ1n) is 11.6. The van der Waals surface area contributed by atoms with Crippen LogP contribution in [0.4, 0.5) is 0 Å². The van der Waals surface area contributed by atoms with Gasteiger partial charge in [0.05, 0.1) is 29.5 Å². The summed E-state index contributed by atoms with van der Waals surface area (Å²) in [5.74, 6) is 1.28. The fourth-order valence-electron chi connectivity index (χ4n) is 4.31. The second-order valence-electron chi connectivity index (χ2n) is 8.25. The number of para-hydroxylation sites is 1. The predicted molar refractivity (Wildman–Crippen MR) is 145 cm³/mol. The van der Waals surface area contributed by atoms with Crippen LogP contribution in [0.15, 0.2) is 90.6 Å². The number of hydrogen-bond donors (Lipinski definition) is 0. The normalized spacial score (nSPS) is 15.4. The van der Waals surface area contributed by atoms with E-state index in [1.807, 2.05) is 54.6 Å². The molecule has 1 aliphatic rings. The number of thiazole rings is 1. The van der Waals surface area contributed by atoms with Crippen LogP contribution in [0, 0.1) is 0 Å². The molecule has 0 radical (unpaired) electrons. The van der Waals surface area contributed by atoms with Gasteiger partial charge in [-0.05, 0) is 44.2 Å². The average molecular weight is 579 g/mol. The van der Waals surface area contributed by atoms with E-state index in [1.165, 1.54) is 15.9 Å². The third kappa shape index (κ3) is 4.72. The monoisotopic (exact) mass is 578 g/mol. The first kappa shape index (κ1) is 25.0. The summed E-state index contributed by atoms with van der Waals surface area (Å²) in [4.78, 5) is 31.9. The number of benzene rings is 2. The number of furan rings is 1. The van der Waals surface area contributed by atoms with Crippen LogP contribution in [0.2, 0.25) is 0 Å². The van der Waals surface area contributed by atoms with Crippen LogP contribution in [-0.2, 0) is 9.53 Å². The van der Waals surface area contributed by atoms with Crippen LogP contribution in [0.25, 0.3) is 17.4 Å². The SMILES string of the molecule is CCOC(=O)C1=C(C)N=c2s/c(=C/c3ccc(-c4ccc(Br)cc4)o3)c(=O)n2[C@H]1c1ccccc1OC. The molecule has 3 heterocycles. The number of aromatic nitrogens is 1. The lowest BCUT2D eigenvalue weighted by Crippen LogP contribution is -2.40. The summed E-state index contributed by atoms with van der Waals surface area (Å²) in [6.45, 7) is 3.70. The van der Waals surface area contributed by atoms with Crippen molar-refractivity contribution >= 4 is 39.3 Å². The van der Waals surface area contributed by atoms with Crippen LogP contribution in [0.1, 0.15) is 31.2 Å². The van der Waals surface area contributed by atoms with Gasteiger partial charge in [0.15, 0.2) is 4.80 Å². The molecule has 1 atom stereocenters. The molecule has 0 fully saturated rings. The average Bonchev–Trinajstić information content (AvgIpc) is 3.48. The van der Waals surface area contributed by atoms with Crippen molar-refractivity contribution in [1.29, 1.82) is 0 Å². The van der Waals surface area contributed by atoms with Crippen LogP contribution < -0.4 is 19.6 Å². The molecular formula is C28H23BrN2O5S. The third-order valence-electron chi connectivity index (χ3n) is 5.98. The highest BCUT2D eigenvalue weighted by Gasteiger charge is 2.34. The van der Waals surface area contributed by atoms with Gasteiger partial charge in [-0.2, -0.15) is 0 Å². The summed E-state index contributed by atoms with van der Waals surface area (Å²) in [6, 6.07) is 18.1. The van der Waals surface area contributed by atoms with E-state index in [0.29, 0.717) is 43.4 Å². The van der Waals surface area contributed by atoms with Crippen LogP contribution in [0.3, 0.4) is 0 Å². The van der Waals surface area contributed by atoms with Gasteiger partial charge in [-0.25, -0.2) is 9.79 Å². The molecule has 0 saturated heterocycles. The number of nitrogens with zero attached hydrogens (tertiary/aromatic N) is 2. The lowest BCUT2D eigenvalue weighted by atomic mass is 9.95. The Labute approximate surface area is 225 Å². The van der Waals surface area contributed by atoms with E-state index in [0.717, 1.165) is 10.0 Å². The number of allylic oxidation sites excluding steroid dienone is 1. The molecule has 0 aliphatic carbocycles. The molecule has 2 aromatic heterocycles. The molecule has 0 saturated carbocycles. The zero-order valence-corrected chi connectivity index (χ0v) is 22.8. The molecule has 0 spiro atoms. The molecule has 0 bridgehead atoms. The van der Waals surface area contributed by atoms with Gasteiger partial charge in [-0.15, -0.1) is 0 Å². The van der Waals surface area contributed by atoms with Gasteiger partial charge in [0.1, 0.15) is 23.3 Å². The van der Waals surface area contributed by atoms with E-state index in [4.69, 9.17) is 13.9 Å². The fourth-order valence-corrected chi connectivity index (χ4v) is 5.60. The van der Waals surface area contributed by atoms with Gasteiger partial charge >= 0.3 is 5.97 Å². The highest BCUT2D eigenvalue weighted by molar-refractivity contribution is 9.10. The summed E-state index contributed by atoms with van der Waals surface area (Å²) in [6.07, 6.45) is 1.70. The van der Waals surface area contributed by atoms with Crippen molar-refractivity contribution in [3.05, 3.63) is 107 Å². The Kier molecular flexibility index (Phi) is 6.99. The van der Waals surface area contributed by atoms with Crippen LogP contribution >= 0.6 is 27.3 Å². The van der Waals surface area contributed by atoms with Gasteiger partial charge in [-0.3, -0.25) is 9.36 Å². The van der Waals surface area contributed by atoms with Crippen molar-refractivity contribution in [3.63, 3.8) is 0 Å². The largest absolute Gasteiger partial charge is 0.496 e. The van der Waals surface area contributed by atoms with Crippen molar-refractivity contribution in [1.82, 2.24) is 4.57 Å². The summed E-state index contributed by atoms with van der Waals surface area (Å²) in [5, 5.41) is 0. The Bertz CT molecular complexity index is 1700. The molecule has 0 N–H and O–H groups in total. The van der Waals surface area contributed by atoms with Gasteiger partial charge < -0.3 is 13.9 Å². The molecule has 188 valence electrons. The van der Waals surface area contributed by atoms with E-state index < -0.39 is 12.0 Å². The minimum absolute atomic E-state index is 0.206. The Balaban J connectivity index is 1.66. The molecule has 7 nitrogen and oxygen atoms in total. The number of esters is 1. The Morgan fingerprint density at radius 1 is 1.16 bits per heavy atom. The quantitative estimate of drug-likeness (QED) is 0.306. The van der Waals surface area contributed by atoms with Crippen molar-refractivity contribution in [2.75, 3.05) is 13.7 Å². The highest BCUT2D eigenvalue weighted by Crippen LogP contribution is 2.35. The summed E-state index contributed by atoms with van der Waals surface area (Å²) in [7, 11) is 1.56. The maximum absolute atomic E-state index is 13.8. The van der Waals surface area contributed by atoms with Gasteiger partial charge in [0.2, 0.25) is 0 Å². The minimum atomic E-state index is -0.747. The zero-order chi connectivity index (χ0) is 26.1. The fraction of sp³-hybridized carbons (Fsp3) is 0.179. The summed E-state index contributed by atoms with van der Waals surface area (Å²) >= 11 is 4.68. The maximum Gasteiger partial charge on any atom is 0.338 e. The van der Waals surface area contributed by atoms with Crippen molar-refractivity contribution in [2.24, 2.45) is 4.99 Å². The number of halogens is 1. The molecule has 2 aromatic carbocycles. The topological polar surface area (TPSA) is 83.0 Å². The van der Waals surface area contributed by atoms with E-state index >= 15 is 0 Å². The predicted octanol–water partition coefficient (Wildman–Crippen LogP) is 4.83. The standard InChI is InChI=1S/C28H23BrN2O5S/c1-4-35-27(33)24-16(2)30-28-31(25(24)20-7-5-6-8-22(20)34-3)26(32)23(37-28)15-19-13-14-21(36-19)17-9-11-18(29)12-10-17/h5-15,25H,4H2,1-3H3/b23-15+/t25-/m0/s1. The molecular weight excluding hydrogens is 556 g/mol. The number of carbonyl (C=O) groups excluding carboxylic acids is 1. The second kappa shape index (κ2) is 10.4. The summed E-state index contributed by atoms with van der Waals surface area (Å²) < 4.78 is 19.9. The zero-order valence-electron chi connectivity index (χ0n) is 20.4. The number of hydrogen-bond acceptors (Lipinski definition) is 7. The van der Waals surface area contributed by atoms with Gasteiger partial charge in [-0.1, -0.05) is 57.6 Å². The van der Waals surface area contributed by atoms with Crippen molar-refractivity contribution in [2.45, 2.75) is 19.9 Å². The molecule has 37 heavy (non-hydrogen) atoms. The first-order valence-corrected chi connectivity index (χ1v) is 13.2. The Morgan fingerprint density at radius 3 is 2.65 bits per heavy atom. The van der Waals surface area contributed by atoms with Crippen LogP contribution in [0.5, 0.6) is 5.75 Å². The number of carbonyl (C=O) groups is 1. The number of ether oxygens (including phenoxy) is 2. The smallest absolute Gasteiger partial charge is 0.338 e. The number of fused-ring (bicyclic) bond motifs is 1. The first-order chi connectivity index (χ1) is 17.9. The molecule has 5 rings (SSSR count). The lowest BCUT2D eigenvalue weighted by molar-refractivity contribution is -0.139. The summed E-state index contributed by atoms with van der Waals surface area (Å²) in [5.41, 5.74) is 2.12. The number of rotatable bonds is 6. The van der Waals surface area contributed by atoms with Gasteiger partial charge in [0, 0.05) is 21.7 Å². The molecule has 0 amide bonds. The van der Waals surface area contributed by atoms with Crippen molar-refractivity contribution in [3.8, 4) is 17.1 Å². The molecule has 9 heteroatoms. The van der Waals surface area contributed by atoms with E-state index in [1.54, 1.807) is 33.1 Å². The maximum atomic E-state index is 13.8. The van der Waals surface area contributed by atoms with E-state index in [2.05, 4.69) is 20.9 Å². The van der Waals surface area contributed by atoms with E-state index in [9.17, 15) is 9.59 Å². The molecule has 0 unspecified atom stereocenters. The minimum Gasteiger partial charge on any atom is -0.496 e. The third-order valence-corrected chi connectivity index (χ3v) is 7.49. The lowest BCUT2D eigenvalue weighted by Gasteiger charge is -2.25. The molecule has 1 aliphatic heterocycles. The highest BCUT2D eigenvalue weighted by atomic mass is 79.9. The van der Waals surface area contributed by atoms with Crippen LogP contribution in [-0.4, -0.2) is 24.3 Å². The van der Waals surface area contributed by atoms with Crippen molar-refractivity contribution < 1.29 is 18.7 Å². The second-order valence-corrected chi connectivity index (χ2v) is 10.2. The Morgan fingerprint density at radius 2 is 1.92 bits per heavy atom. The van der Waals surface area contributed by atoms with E-state index in [-0.39, 0.29) is 12.2 Å².